The van der Waals surface area contributed by atoms with Crippen molar-refractivity contribution in [2.45, 2.75) is 39.8 Å². The highest BCUT2D eigenvalue weighted by Crippen LogP contribution is 2.16. The minimum atomic E-state index is -0.532. The molecular formula is C19H23NO2. The summed E-state index contributed by atoms with van der Waals surface area (Å²) in [7, 11) is 0. The SMILES string of the molecule is Cc1ccc(O[C@H](C)C(=O)N[C@@H](C)c2ccc(C)cc2)cc1. The van der Waals surface area contributed by atoms with Crippen LogP contribution >= 0.6 is 0 Å². The van der Waals surface area contributed by atoms with Gasteiger partial charge in [-0.25, -0.2) is 0 Å². The highest BCUT2D eigenvalue weighted by atomic mass is 16.5. The molecule has 0 saturated heterocycles. The second kappa shape index (κ2) is 7.12. The van der Waals surface area contributed by atoms with Crippen molar-refractivity contribution in [3.63, 3.8) is 0 Å². The molecule has 2 aromatic rings. The van der Waals surface area contributed by atoms with Gasteiger partial charge in [-0.2, -0.15) is 0 Å². The van der Waals surface area contributed by atoms with Crippen molar-refractivity contribution in [3.05, 3.63) is 65.2 Å². The summed E-state index contributed by atoms with van der Waals surface area (Å²) < 4.78 is 5.67. The van der Waals surface area contributed by atoms with Gasteiger partial charge < -0.3 is 10.1 Å². The van der Waals surface area contributed by atoms with Gasteiger partial charge in [0.1, 0.15) is 5.75 Å². The van der Waals surface area contributed by atoms with Gasteiger partial charge in [-0.3, -0.25) is 4.79 Å². The number of rotatable bonds is 5. The molecule has 0 saturated carbocycles. The van der Waals surface area contributed by atoms with Crippen LogP contribution in [0.15, 0.2) is 48.5 Å². The first-order valence-corrected chi connectivity index (χ1v) is 7.56. The Kier molecular flexibility index (Phi) is 5.21. The standard InChI is InChI=1S/C19H23NO2/c1-13-5-9-17(10-6-13)15(3)20-19(21)16(4)22-18-11-7-14(2)8-12-18/h5-12,15-16H,1-4H3,(H,20,21)/t15-,16+/m0/s1. The largest absolute Gasteiger partial charge is 0.481 e. The van der Waals surface area contributed by atoms with Crippen LogP contribution in [0.3, 0.4) is 0 Å². The van der Waals surface area contributed by atoms with E-state index in [9.17, 15) is 4.79 Å². The minimum absolute atomic E-state index is 0.0443. The summed E-state index contributed by atoms with van der Waals surface area (Å²) in [5.41, 5.74) is 3.46. The number of nitrogens with one attached hydrogen (secondary N) is 1. The Morgan fingerprint density at radius 3 is 1.95 bits per heavy atom. The van der Waals surface area contributed by atoms with Crippen LogP contribution in [0.1, 0.15) is 36.6 Å². The molecule has 116 valence electrons. The summed E-state index contributed by atoms with van der Waals surface area (Å²) >= 11 is 0. The van der Waals surface area contributed by atoms with E-state index in [-0.39, 0.29) is 11.9 Å². The normalized spacial score (nSPS) is 13.3. The maximum absolute atomic E-state index is 12.2. The second-order valence-corrected chi connectivity index (χ2v) is 5.71. The topological polar surface area (TPSA) is 38.3 Å². The molecule has 2 atom stereocenters. The number of carbonyl (C=O) groups is 1. The first kappa shape index (κ1) is 16.1. The molecule has 3 heteroatoms. The summed E-state index contributed by atoms with van der Waals surface area (Å²) in [6.07, 6.45) is -0.532. The van der Waals surface area contributed by atoms with Crippen molar-refractivity contribution < 1.29 is 9.53 Å². The molecule has 0 aliphatic heterocycles. The van der Waals surface area contributed by atoms with E-state index in [0.717, 1.165) is 11.1 Å². The molecule has 22 heavy (non-hydrogen) atoms. The Labute approximate surface area is 132 Å². The van der Waals surface area contributed by atoms with Gasteiger partial charge in [-0.05, 0) is 45.4 Å². The van der Waals surface area contributed by atoms with Gasteiger partial charge in [0, 0.05) is 0 Å². The fraction of sp³-hybridized carbons (Fsp3) is 0.316. The lowest BCUT2D eigenvalue weighted by Gasteiger charge is -2.19. The number of aryl methyl sites for hydroxylation is 2. The second-order valence-electron chi connectivity index (χ2n) is 5.71. The van der Waals surface area contributed by atoms with Gasteiger partial charge in [-0.15, -0.1) is 0 Å². The quantitative estimate of drug-likeness (QED) is 0.907. The third-order valence-corrected chi connectivity index (χ3v) is 3.64. The van der Waals surface area contributed by atoms with Crippen molar-refractivity contribution in [3.8, 4) is 5.75 Å². The Balaban J connectivity index is 1.93. The van der Waals surface area contributed by atoms with Crippen LogP contribution < -0.4 is 10.1 Å². The molecule has 0 heterocycles. The zero-order chi connectivity index (χ0) is 16.1. The number of hydrogen-bond donors (Lipinski definition) is 1. The van der Waals surface area contributed by atoms with Gasteiger partial charge in [0.15, 0.2) is 6.10 Å². The third kappa shape index (κ3) is 4.35. The Morgan fingerprint density at radius 2 is 1.41 bits per heavy atom. The zero-order valence-corrected chi connectivity index (χ0v) is 13.6. The highest BCUT2D eigenvalue weighted by molar-refractivity contribution is 5.81. The maximum Gasteiger partial charge on any atom is 0.261 e. The number of ether oxygens (including phenoxy) is 1. The number of benzene rings is 2. The van der Waals surface area contributed by atoms with Crippen LogP contribution in [-0.4, -0.2) is 12.0 Å². The molecule has 0 aliphatic carbocycles. The predicted molar refractivity (Wildman–Crippen MR) is 89.0 cm³/mol. The van der Waals surface area contributed by atoms with E-state index >= 15 is 0 Å². The van der Waals surface area contributed by atoms with Gasteiger partial charge in [0.2, 0.25) is 0 Å². The molecule has 0 unspecified atom stereocenters. The average Bonchev–Trinajstić information content (AvgIpc) is 2.50. The lowest BCUT2D eigenvalue weighted by atomic mass is 10.1. The number of carbonyl (C=O) groups excluding carboxylic acids is 1. The summed E-state index contributed by atoms with van der Waals surface area (Å²) in [6, 6.07) is 15.8. The molecule has 2 rings (SSSR count). The third-order valence-electron chi connectivity index (χ3n) is 3.64. The summed E-state index contributed by atoms with van der Waals surface area (Å²) in [6.45, 7) is 7.80. The van der Waals surface area contributed by atoms with Gasteiger partial charge in [-0.1, -0.05) is 47.5 Å². The van der Waals surface area contributed by atoms with E-state index in [1.54, 1.807) is 6.92 Å². The summed E-state index contributed by atoms with van der Waals surface area (Å²) in [5.74, 6) is 0.588. The van der Waals surface area contributed by atoms with Crippen LogP contribution in [0, 0.1) is 13.8 Å². The van der Waals surface area contributed by atoms with Gasteiger partial charge in [0.05, 0.1) is 6.04 Å². The molecule has 1 amide bonds. The minimum Gasteiger partial charge on any atom is -0.481 e. The molecule has 0 aliphatic rings. The Bertz CT molecular complexity index is 617. The van der Waals surface area contributed by atoms with E-state index in [1.165, 1.54) is 5.56 Å². The van der Waals surface area contributed by atoms with Gasteiger partial charge >= 0.3 is 0 Å². The molecule has 0 bridgehead atoms. The van der Waals surface area contributed by atoms with E-state index in [1.807, 2.05) is 69.3 Å². The molecular weight excluding hydrogens is 274 g/mol. The molecule has 0 spiro atoms. The van der Waals surface area contributed by atoms with E-state index in [2.05, 4.69) is 5.32 Å². The smallest absolute Gasteiger partial charge is 0.261 e. The Hall–Kier alpha value is -2.29. The Morgan fingerprint density at radius 1 is 0.909 bits per heavy atom. The van der Waals surface area contributed by atoms with Crippen molar-refractivity contribution in [1.82, 2.24) is 5.32 Å². The van der Waals surface area contributed by atoms with Crippen molar-refractivity contribution in [2.75, 3.05) is 0 Å². The van der Waals surface area contributed by atoms with E-state index < -0.39 is 6.10 Å². The summed E-state index contributed by atoms with van der Waals surface area (Å²) in [4.78, 5) is 12.2. The van der Waals surface area contributed by atoms with Crippen LogP contribution in [0.4, 0.5) is 0 Å². The van der Waals surface area contributed by atoms with Crippen LogP contribution in [0.5, 0.6) is 5.75 Å². The van der Waals surface area contributed by atoms with E-state index in [0.29, 0.717) is 5.75 Å². The maximum atomic E-state index is 12.2. The lowest BCUT2D eigenvalue weighted by Crippen LogP contribution is -2.37. The van der Waals surface area contributed by atoms with E-state index in [4.69, 9.17) is 4.74 Å². The van der Waals surface area contributed by atoms with Crippen LogP contribution in [0.2, 0.25) is 0 Å². The fourth-order valence-electron chi connectivity index (χ4n) is 2.14. The average molecular weight is 297 g/mol. The monoisotopic (exact) mass is 297 g/mol. The van der Waals surface area contributed by atoms with Crippen molar-refractivity contribution >= 4 is 5.91 Å². The number of hydrogen-bond acceptors (Lipinski definition) is 2. The van der Waals surface area contributed by atoms with Crippen LogP contribution in [-0.2, 0) is 4.79 Å². The zero-order valence-electron chi connectivity index (χ0n) is 13.6. The first-order valence-electron chi connectivity index (χ1n) is 7.56. The molecule has 0 radical (unpaired) electrons. The van der Waals surface area contributed by atoms with Crippen molar-refractivity contribution in [1.29, 1.82) is 0 Å². The molecule has 1 N–H and O–H groups in total. The van der Waals surface area contributed by atoms with Crippen LogP contribution in [0.25, 0.3) is 0 Å². The van der Waals surface area contributed by atoms with Crippen molar-refractivity contribution in [2.24, 2.45) is 0 Å². The molecule has 0 fully saturated rings. The lowest BCUT2D eigenvalue weighted by molar-refractivity contribution is -0.127. The predicted octanol–water partition coefficient (Wildman–Crippen LogP) is 3.95. The summed E-state index contributed by atoms with van der Waals surface area (Å²) in [5, 5.41) is 2.98. The fourth-order valence-corrected chi connectivity index (χ4v) is 2.14. The molecule has 2 aromatic carbocycles. The molecule has 3 nitrogen and oxygen atoms in total. The highest BCUT2D eigenvalue weighted by Gasteiger charge is 2.17. The number of amides is 1. The van der Waals surface area contributed by atoms with Gasteiger partial charge in [0.25, 0.3) is 5.91 Å². The molecule has 0 aromatic heterocycles. The first-order chi connectivity index (χ1) is 10.5.